The van der Waals surface area contributed by atoms with Crippen LogP contribution >= 0.6 is 0 Å². The van der Waals surface area contributed by atoms with Gasteiger partial charge in [0.15, 0.2) is 0 Å². The van der Waals surface area contributed by atoms with Gasteiger partial charge in [0.1, 0.15) is 17.1 Å². The van der Waals surface area contributed by atoms with Gasteiger partial charge >= 0.3 is 11.6 Å². The molecule has 0 spiro atoms. The van der Waals surface area contributed by atoms with Crippen molar-refractivity contribution >= 4 is 16.9 Å². The largest absolute Gasteiger partial charge is 0.497 e. The van der Waals surface area contributed by atoms with Gasteiger partial charge in [-0.05, 0) is 41.3 Å². The van der Waals surface area contributed by atoms with Crippen LogP contribution in [0.25, 0.3) is 11.0 Å². The third-order valence-electron chi connectivity index (χ3n) is 4.11. The number of methoxy groups -OCH3 is 1. The predicted molar refractivity (Wildman–Crippen MR) is 98.9 cm³/mol. The first-order valence-corrected chi connectivity index (χ1v) is 8.37. The summed E-state index contributed by atoms with van der Waals surface area (Å²) in [6.45, 7) is 4.02. The first-order chi connectivity index (χ1) is 12.5. The summed E-state index contributed by atoms with van der Waals surface area (Å²) in [5.41, 5.74) is 1.73. The van der Waals surface area contributed by atoms with E-state index < -0.39 is 11.6 Å². The van der Waals surface area contributed by atoms with Crippen molar-refractivity contribution in [3.63, 3.8) is 0 Å². The first kappa shape index (κ1) is 17.7. The molecule has 0 bridgehead atoms. The summed E-state index contributed by atoms with van der Waals surface area (Å²) in [4.78, 5) is 23.9. The lowest BCUT2D eigenvalue weighted by molar-refractivity contribution is -0.133. The van der Waals surface area contributed by atoms with E-state index in [-0.39, 0.29) is 12.3 Å². The normalized spacial score (nSPS) is 10.9. The van der Waals surface area contributed by atoms with Crippen LogP contribution in [0.1, 0.15) is 30.9 Å². The highest BCUT2D eigenvalue weighted by Gasteiger charge is 2.12. The van der Waals surface area contributed by atoms with Crippen molar-refractivity contribution in [2.45, 2.75) is 26.2 Å². The minimum Gasteiger partial charge on any atom is -0.497 e. The molecule has 3 rings (SSSR count). The van der Waals surface area contributed by atoms with Crippen LogP contribution in [0.2, 0.25) is 0 Å². The lowest BCUT2D eigenvalue weighted by atomic mass is 10.00. The summed E-state index contributed by atoms with van der Waals surface area (Å²) >= 11 is 0. The van der Waals surface area contributed by atoms with E-state index in [0.717, 1.165) is 22.3 Å². The predicted octanol–water partition coefficient (Wildman–Crippen LogP) is 4.07. The Hall–Kier alpha value is -3.08. The molecule has 0 aliphatic rings. The number of rotatable bonds is 5. The van der Waals surface area contributed by atoms with Gasteiger partial charge in [-0.3, -0.25) is 4.79 Å². The van der Waals surface area contributed by atoms with Crippen LogP contribution in [0.3, 0.4) is 0 Å². The highest BCUT2D eigenvalue weighted by molar-refractivity contribution is 5.83. The molecule has 0 aliphatic carbocycles. The van der Waals surface area contributed by atoms with E-state index in [2.05, 4.69) is 0 Å². The maximum atomic E-state index is 12.2. The van der Waals surface area contributed by atoms with Gasteiger partial charge in [0.2, 0.25) is 0 Å². The molecule has 0 amide bonds. The summed E-state index contributed by atoms with van der Waals surface area (Å²) in [6, 6.07) is 13.8. The second-order valence-electron chi connectivity index (χ2n) is 6.33. The molecule has 2 aromatic carbocycles. The van der Waals surface area contributed by atoms with Gasteiger partial charge in [0.05, 0.1) is 13.5 Å². The molecule has 0 radical (unpaired) electrons. The molecular formula is C21H20O5. The van der Waals surface area contributed by atoms with Crippen molar-refractivity contribution in [1.29, 1.82) is 0 Å². The number of hydrogen-bond donors (Lipinski definition) is 0. The fourth-order valence-corrected chi connectivity index (χ4v) is 2.79. The number of carbonyl (C=O) groups is 1. The summed E-state index contributed by atoms with van der Waals surface area (Å²) in [6.07, 6.45) is 0.137. The molecule has 0 N–H and O–H groups in total. The molecule has 0 aliphatic heterocycles. The van der Waals surface area contributed by atoms with E-state index in [9.17, 15) is 9.59 Å². The standard InChI is InChI=1S/C21H20O5/c1-13(2)18-12-21(23)26-19-11-16(8-9-17(18)19)25-20(22)10-14-4-6-15(24-3)7-5-14/h4-9,11-13H,10H2,1-3H3. The molecule has 134 valence electrons. The highest BCUT2D eigenvalue weighted by atomic mass is 16.5. The van der Waals surface area contributed by atoms with Gasteiger partial charge in [-0.15, -0.1) is 0 Å². The number of fused-ring (bicyclic) bond motifs is 1. The van der Waals surface area contributed by atoms with E-state index in [0.29, 0.717) is 11.3 Å². The number of hydrogen-bond acceptors (Lipinski definition) is 5. The highest BCUT2D eigenvalue weighted by Crippen LogP contribution is 2.27. The van der Waals surface area contributed by atoms with E-state index in [4.69, 9.17) is 13.9 Å². The lowest BCUT2D eigenvalue weighted by Crippen LogP contribution is -2.11. The van der Waals surface area contributed by atoms with Crippen molar-refractivity contribution in [1.82, 2.24) is 0 Å². The quantitative estimate of drug-likeness (QED) is 0.393. The van der Waals surface area contributed by atoms with Gasteiger partial charge < -0.3 is 13.9 Å². The second-order valence-corrected chi connectivity index (χ2v) is 6.33. The van der Waals surface area contributed by atoms with Gasteiger partial charge in [-0.2, -0.15) is 0 Å². The van der Waals surface area contributed by atoms with Crippen LogP contribution in [0.5, 0.6) is 11.5 Å². The topological polar surface area (TPSA) is 65.7 Å². The van der Waals surface area contributed by atoms with Crippen molar-refractivity contribution in [2.24, 2.45) is 0 Å². The Balaban J connectivity index is 1.79. The molecule has 0 atom stereocenters. The van der Waals surface area contributed by atoms with Crippen molar-refractivity contribution in [3.05, 3.63) is 70.1 Å². The molecule has 1 heterocycles. The molecule has 0 fully saturated rings. The summed E-state index contributed by atoms with van der Waals surface area (Å²) in [7, 11) is 1.59. The molecule has 0 saturated carbocycles. The molecule has 26 heavy (non-hydrogen) atoms. The number of esters is 1. The molecule has 5 nitrogen and oxygen atoms in total. The van der Waals surface area contributed by atoms with Crippen LogP contribution in [-0.2, 0) is 11.2 Å². The van der Waals surface area contributed by atoms with Gasteiger partial charge in [-0.1, -0.05) is 26.0 Å². The zero-order valence-corrected chi connectivity index (χ0v) is 14.9. The second kappa shape index (κ2) is 7.44. The molecule has 3 aromatic rings. The third kappa shape index (κ3) is 3.94. The Kier molecular flexibility index (Phi) is 5.07. The summed E-state index contributed by atoms with van der Waals surface area (Å²) in [5, 5.41) is 0.842. The smallest absolute Gasteiger partial charge is 0.336 e. The number of carbonyl (C=O) groups excluding carboxylic acids is 1. The van der Waals surface area contributed by atoms with E-state index >= 15 is 0 Å². The fourth-order valence-electron chi connectivity index (χ4n) is 2.79. The average Bonchev–Trinajstić information content (AvgIpc) is 2.61. The Labute approximate surface area is 151 Å². The fraction of sp³-hybridized carbons (Fsp3) is 0.238. The lowest BCUT2D eigenvalue weighted by Gasteiger charge is -2.10. The Morgan fingerprint density at radius 2 is 1.73 bits per heavy atom. The van der Waals surface area contributed by atoms with E-state index in [1.165, 1.54) is 6.07 Å². The third-order valence-corrected chi connectivity index (χ3v) is 4.11. The zero-order chi connectivity index (χ0) is 18.7. The minimum atomic E-state index is -0.414. The molecule has 0 unspecified atom stereocenters. The monoisotopic (exact) mass is 352 g/mol. The van der Waals surface area contributed by atoms with Crippen molar-refractivity contribution < 1.29 is 18.7 Å². The zero-order valence-electron chi connectivity index (χ0n) is 14.9. The summed E-state index contributed by atoms with van der Waals surface area (Å²) in [5.74, 6) is 0.870. The van der Waals surface area contributed by atoms with Crippen LogP contribution in [0.15, 0.2) is 57.7 Å². The number of ether oxygens (including phenoxy) is 2. The maximum absolute atomic E-state index is 12.2. The van der Waals surface area contributed by atoms with Gasteiger partial charge in [-0.25, -0.2) is 4.79 Å². The Morgan fingerprint density at radius 1 is 1.04 bits per heavy atom. The Morgan fingerprint density at radius 3 is 2.38 bits per heavy atom. The van der Waals surface area contributed by atoms with Gasteiger partial charge in [0, 0.05) is 17.5 Å². The molecule has 5 heteroatoms. The molecule has 0 saturated heterocycles. The average molecular weight is 352 g/mol. The minimum absolute atomic E-state index is 0.137. The van der Waals surface area contributed by atoms with Crippen LogP contribution in [-0.4, -0.2) is 13.1 Å². The van der Waals surface area contributed by atoms with Gasteiger partial charge in [0.25, 0.3) is 0 Å². The SMILES string of the molecule is COc1ccc(CC(=O)Oc2ccc3c(C(C)C)cc(=O)oc3c2)cc1. The van der Waals surface area contributed by atoms with E-state index in [1.807, 2.05) is 32.0 Å². The van der Waals surface area contributed by atoms with Crippen LogP contribution < -0.4 is 15.1 Å². The van der Waals surface area contributed by atoms with Crippen LogP contribution in [0, 0.1) is 0 Å². The maximum Gasteiger partial charge on any atom is 0.336 e. The number of benzene rings is 2. The molecule has 1 aromatic heterocycles. The first-order valence-electron chi connectivity index (χ1n) is 8.37. The molecular weight excluding hydrogens is 332 g/mol. The van der Waals surface area contributed by atoms with E-state index in [1.54, 1.807) is 31.4 Å². The summed E-state index contributed by atoms with van der Waals surface area (Å²) < 4.78 is 15.7. The van der Waals surface area contributed by atoms with Crippen molar-refractivity contribution in [2.75, 3.05) is 7.11 Å². The Bertz CT molecular complexity index is 983. The van der Waals surface area contributed by atoms with Crippen molar-refractivity contribution in [3.8, 4) is 11.5 Å². The van der Waals surface area contributed by atoms with Crippen LogP contribution in [0.4, 0.5) is 0 Å².